The average molecular weight is 487 g/mol. The molecule has 0 aliphatic rings. The molecular formula is C21H18Cl3NO4S. The van der Waals surface area contributed by atoms with Crippen LogP contribution in [0.25, 0.3) is 21.8 Å². The van der Waals surface area contributed by atoms with Crippen LogP contribution in [-0.4, -0.2) is 18.3 Å². The van der Waals surface area contributed by atoms with Crippen molar-refractivity contribution in [3.63, 3.8) is 0 Å². The molecule has 0 aliphatic carbocycles. The Kier molecular flexibility index (Phi) is 6.82. The number of rotatable bonds is 3. The van der Waals surface area contributed by atoms with Crippen LogP contribution in [-0.2, 0) is 16.9 Å². The van der Waals surface area contributed by atoms with Crippen LogP contribution in [0.5, 0.6) is 0 Å². The molecule has 0 aliphatic heterocycles. The number of fused-ring (bicyclic) bond motifs is 3. The molecule has 9 heteroatoms. The van der Waals surface area contributed by atoms with Gasteiger partial charge in [-0.1, -0.05) is 29.8 Å². The Hall–Kier alpha value is -1.99. The van der Waals surface area contributed by atoms with Gasteiger partial charge in [-0.15, -0.1) is 23.2 Å². The van der Waals surface area contributed by atoms with E-state index in [4.69, 9.17) is 39.2 Å². The van der Waals surface area contributed by atoms with E-state index in [9.17, 15) is 13.2 Å². The van der Waals surface area contributed by atoms with Crippen molar-refractivity contribution in [1.29, 1.82) is 0 Å². The van der Waals surface area contributed by atoms with Gasteiger partial charge in [0.2, 0.25) is 0 Å². The molecule has 4 aromatic rings. The number of sulfone groups is 1. The molecule has 2 aromatic carbocycles. The van der Waals surface area contributed by atoms with Crippen molar-refractivity contribution >= 4 is 66.4 Å². The lowest BCUT2D eigenvalue weighted by molar-refractivity contribution is 0.508. The van der Waals surface area contributed by atoms with Crippen LogP contribution in [0.3, 0.4) is 0 Å². The number of nitrogens with zero attached hydrogens (tertiary/aromatic N) is 1. The monoisotopic (exact) mass is 485 g/mol. The summed E-state index contributed by atoms with van der Waals surface area (Å²) in [6.45, 7) is 1.60. The summed E-state index contributed by atoms with van der Waals surface area (Å²) in [7, 11) is -1.93. The van der Waals surface area contributed by atoms with Gasteiger partial charge in [0.15, 0.2) is 9.84 Å². The van der Waals surface area contributed by atoms with E-state index in [2.05, 4.69) is 0 Å². The molecule has 30 heavy (non-hydrogen) atoms. The molecule has 158 valence electrons. The summed E-state index contributed by atoms with van der Waals surface area (Å²) in [6.07, 6.45) is 1.26. The maximum atomic E-state index is 13.1. The summed E-state index contributed by atoms with van der Waals surface area (Å²) in [5.74, 6) is 0. The van der Waals surface area contributed by atoms with E-state index in [0.717, 1.165) is 10.9 Å². The van der Waals surface area contributed by atoms with Crippen LogP contribution < -0.4 is 5.63 Å². The van der Waals surface area contributed by atoms with Gasteiger partial charge in [0.05, 0.1) is 15.5 Å². The first-order valence-electron chi connectivity index (χ1n) is 8.84. The molecule has 0 saturated heterocycles. The van der Waals surface area contributed by atoms with E-state index < -0.39 is 20.7 Å². The third-order valence-electron chi connectivity index (χ3n) is 4.93. The molecule has 0 saturated carbocycles. The van der Waals surface area contributed by atoms with Crippen molar-refractivity contribution in [2.45, 2.75) is 17.1 Å². The molecule has 0 N–H and O–H groups in total. The zero-order valence-electron chi connectivity index (χ0n) is 16.1. The largest absolute Gasteiger partial charge is 0.429 e. The number of hydrogen-bond acceptors (Lipinski definition) is 4. The van der Waals surface area contributed by atoms with Gasteiger partial charge in [-0.05, 0) is 37.3 Å². The number of para-hydroxylation sites is 1. The molecular weight excluding hydrogens is 469 g/mol. The van der Waals surface area contributed by atoms with Crippen LogP contribution in [0.2, 0.25) is 5.02 Å². The zero-order chi connectivity index (χ0) is 22.1. The number of alkyl halides is 2. The zero-order valence-corrected chi connectivity index (χ0v) is 19.2. The minimum atomic E-state index is -3.70. The summed E-state index contributed by atoms with van der Waals surface area (Å²) >= 11 is 15.4. The molecule has 1 atom stereocenters. The Labute approximate surface area is 188 Å². The number of benzene rings is 2. The highest BCUT2D eigenvalue weighted by Crippen LogP contribution is 2.36. The van der Waals surface area contributed by atoms with Crippen LogP contribution in [0, 0.1) is 0 Å². The van der Waals surface area contributed by atoms with Crippen molar-refractivity contribution < 1.29 is 12.8 Å². The quantitative estimate of drug-likeness (QED) is 0.338. The van der Waals surface area contributed by atoms with Gasteiger partial charge in [-0.3, -0.25) is 0 Å². The Morgan fingerprint density at radius 3 is 2.30 bits per heavy atom. The molecule has 4 rings (SSSR count). The van der Waals surface area contributed by atoms with Gasteiger partial charge in [0.1, 0.15) is 11.8 Å². The number of halogens is 3. The highest BCUT2D eigenvalue weighted by Gasteiger charge is 2.29. The second-order valence-corrected chi connectivity index (χ2v) is 10.0. The minimum Gasteiger partial charge on any atom is -0.429 e. The molecule has 0 radical (unpaired) electrons. The maximum Gasteiger partial charge on any atom is 0.360 e. The van der Waals surface area contributed by atoms with E-state index in [1.165, 1.54) is 18.4 Å². The summed E-state index contributed by atoms with van der Waals surface area (Å²) in [4.78, 5) is 12.5. The first-order chi connectivity index (χ1) is 14.2. The standard InChI is InChI=1S/C20H16ClNO4S.CH2Cl2/c1-12(27(24,25)14-9-7-13(21)8-10-14)16-11-26-20(23)19-18(16)15-5-3-4-6-17(15)22(19)2;2-1-3/h3-12H,1-2H3;1H2/t12-;/m0./s1. The average Bonchev–Trinajstić information content (AvgIpc) is 3.03. The van der Waals surface area contributed by atoms with Crippen LogP contribution >= 0.6 is 34.8 Å². The molecule has 2 aromatic heterocycles. The molecule has 0 bridgehead atoms. The fourth-order valence-corrected chi connectivity index (χ4v) is 5.01. The van der Waals surface area contributed by atoms with Gasteiger partial charge in [0.25, 0.3) is 0 Å². The second kappa shape index (κ2) is 9.02. The molecule has 0 amide bonds. The van der Waals surface area contributed by atoms with E-state index in [0.29, 0.717) is 21.5 Å². The van der Waals surface area contributed by atoms with Crippen LogP contribution in [0.4, 0.5) is 0 Å². The molecule has 0 spiro atoms. The summed E-state index contributed by atoms with van der Waals surface area (Å²) < 4.78 is 33.2. The van der Waals surface area contributed by atoms with Gasteiger partial charge < -0.3 is 8.98 Å². The lowest BCUT2D eigenvalue weighted by atomic mass is 10.1. The predicted molar refractivity (Wildman–Crippen MR) is 123 cm³/mol. The summed E-state index contributed by atoms with van der Waals surface area (Å²) in [6, 6.07) is 13.5. The van der Waals surface area contributed by atoms with E-state index in [1.54, 1.807) is 30.7 Å². The highest BCUT2D eigenvalue weighted by atomic mass is 35.5. The molecule has 2 heterocycles. The summed E-state index contributed by atoms with van der Waals surface area (Å²) in [5.41, 5.74) is 1.15. The third-order valence-corrected chi connectivity index (χ3v) is 7.29. The Morgan fingerprint density at radius 1 is 1.07 bits per heavy atom. The van der Waals surface area contributed by atoms with Crippen molar-refractivity contribution in [3.8, 4) is 0 Å². The van der Waals surface area contributed by atoms with Crippen molar-refractivity contribution in [2.75, 3.05) is 5.34 Å². The fourth-order valence-electron chi connectivity index (χ4n) is 3.45. The lowest BCUT2D eigenvalue weighted by Crippen LogP contribution is -2.13. The SMILES string of the molecule is C[C@@H](c1coc(=O)c2c1c1ccccc1n2C)S(=O)(=O)c1ccc(Cl)cc1.ClCCl. The number of aromatic nitrogens is 1. The van der Waals surface area contributed by atoms with Crippen molar-refractivity contribution in [3.05, 3.63) is 75.8 Å². The minimum absolute atomic E-state index is 0.166. The van der Waals surface area contributed by atoms with Crippen molar-refractivity contribution in [1.82, 2.24) is 4.57 Å². The normalized spacial score (nSPS) is 12.6. The molecule has 0 fully saturated rings. The number of hydrogen-bond donors (Lipinski definition) is 0. The van der Waals surface area contributed by atoms with Crippen molar-refractivity contribution in [2.24, 2.45) is 7.05 Å². The molecule has 5 nitrogen and oxygen atoms in total. The predicted octanol–water partition coefficient (Wildman–Crippen LogP) is 5.89. The summed E-state index contributed by atoms with van der Waals surface area (Å²) in [5, 5.41) is 1.17. The Morgan fingerprint density at radius 2 is 1.67 bits per heavy atom. The van der Waals surface area contributed by atoms with E-state index in [1.807, 2.05) is 24.3 Å². The first-order valence-corrected chi connectivity index (χ1v) is 11.8. The Balaban J connectivity index is 0.000000806. The van der Waals surface area contributed by atoms with Crippen LogP contribution in [0.15, 0.2) is 68.9 Å². The fraction of sp³-hybridized carbons (Fsp3) is 0.190. The topological polar surface area (TPSA) is 69.3 Å². The van der Waals surface area contributed by atoms with Gasteiger partial charge >= 0.3 is 5.63 Å². The second-order valence-electron chi connectivity index (χ2n) is 6.52. The highest BCUT2D eigenvalue weighted by molar-refractivity contribution is 7.91. The first kappa shape index (κ1) is 22.7. The van der Waals surface area contributed by atoms with Gasteiger partial charge in [0, 0.05) is 33.9 Å². The number of aryl methyl sites for hydroxylation is 1. The Bertz CT molecular complexity index is 1360. The smallest absolute Gasteiger partial charge is 0.360 e. The van der Waals surface area contributed by atoms with E-state index in [-0.39, 0.29) is 10.2 Å². The van der Waals surface area contributed by atoms with Crippen LogP contribution in [0.1, 0.15) is 17.7 Å². The van der Waals surface area contributed by atoms with Gasteiger partial charge in [-0.2, -0.15) is 0 Å². The molecule has 0 unspecified atom stereocenters. The lowest BCUT2D eigenvalue weighted by Gasteiger charge is -2.14. The van der Waals surface area contributed by atoms with E-state index >= 15 is 0 Å². The maximum absolute atomic E-state index is 13.1. The third kappa shape index (κ3) is 3.97. The van der Waals surface area contributed by atoms with Gasteiger partial charge in [-0.25, -0.2) is 13.2 Å².